The number of hydrogen-bond donors (Lipinski definition) is 3. The highest BCUT2D eigenvalue weighted by molar-refractivity contribution is 7.89. The lowest BCUT2D eigenvalue weighted by Gasteiger charge is -2.61. The molecule has 1 aromatic rings. The molecule has 4 saturated carbocycles. The minimum atomic E-state index is -3.87. The second-order valence-electron chi connectivity index (χ2n) is 11.0. The maximum Gasteiger partial charge on any atom is 0.241 e. The normalized spacial score (nSPS) is 31.5. The molecule has 4 aliphatic carbocycles. The van der Waals surface area contributed by atoms with E-state index < -0.39 is 26.5 Å². The number of hydrogen-bond acceptors (Lipinski definition) is 4. The van der Waals surface area contributed by atoms with Crippen LogP contribution in [0.4, 0.5) is 0 Å². The van der Waals surface area contributed by atoms with Gasteiger partial charge in [0.05, 0.1) is 10.3 Å². The molecule has 1 aromatic carbocycles. The predicted octanol–water partition coefficient (Wildman–Crippen LogP) is 2.64. The molecule has 7 nitrogen and oxygen atoms in total. The standard InChI is InChI=1S/C24H35N3O4S/c1-4-5-16-6-8-19(9-7-16)32(30,31)27-22(2,3)21(29)26-24-13-17-10-18(14-24)12-23(11-17,15-24)20(25)28/h6-9,17-18,27H,4-5,10-15H2,1-3H3,(H2,25,28)(H,26,29). The lowest BCUT2D eigenvalue weighted by atomic mass is 9.46. The first-order valence-electron chi connectivity index (χ1n) is 11.6. The van der Waals surface area contributed by atoms with Crippen molar-refractivity contribution < 1.29 is 18.0 Å². The molecular formula is C24H35N3O4S. The van der Waals surface area contributed by atoms with Gasteiger partial charge in [0.2, 0.25) is 21.8 Å². The van der Waals surface area contributed by atoms with Gasteiger partial charge in [0.1, 0.15) is 5.54 Å². The second-order valence-corrected chi connectivity index (χ2v) is 12.6. The Morgan fingerprint density at radius 2 is 1.69 bits per heavy atom. The van der Waals surface area contributed by atoms with E-state index in [1.54, 1.807) is 26.0 Å². The van der Waals surface area contributed by atoms with Gasteiger partial charge in [-0.15, -0.1) is 0 Å². The molecule has 0 heterocycles. The maximum absolute atomic E-state index is 13.3. The van der Waals surface area contributed by atoms with Crippen molar-refractivity contribution >= 4 is 21.8 Å². The van der Waals surface area contributed by atoms with Gasteiger partial charge in [0.15, 0.2) is 0 Å². The van der Waals surface area contributed by atoms with E-state index in [0.717, 1.165) is 50.5 Å². The fourth-order valence-electron chi connectivity index (χ4n) is 6.66. The Kier molecular flexibility index (Phi) is 5.69. The molecule has 8 heteroatoms. The minimum absolute atomic E-state index is 0.140. The summed E-state index contributed by atoms with van der Waals surface area (Å²) >= 11 is 0. The maximum atomic E-state index is 13.3. The smallest absolute Gasteiger partial charge is 0.241 e. The Balaban J connectivity index is 1.50. The number of sulfonamides is 1. The van der Waals surface area contributed by atoms with E-state index in [9.17, 15) is 18.0 Å². The topological polar surface area (TPSA) is 118 Å². The lowest BCUT2D eigenvalue weighted by Crippen LogP contribution is -2.68. The largest absolute Gasteiger partial charge is 0.369 e. The van der Waals surface area contributed by atoms with Gasteiger partial charge in [-0.05, 0) is 88.3 Å². The van der Waals surface area contributed by atoms with Gasteiger partial charge in [-0.1, -0.05) is 25.5 Å². The van der Waals surface area contributed by atoms with E-state index in [4.69, 9.17) is 5.73 Å². The number of primary amides is 1. The summed E-state index contributed by atoms with van der Waals surface area (Å²) in [6.07, 6.45) is 6.77. The van der Waals surface area contributed by atoms with Crippen molar-refractivity contribution in [3.8, 4) is 0 Å². The van der Waals surface area contributed by atoms with Crippen LogP contribution in [0.1, 0.15) is 71.3 Å². The van der Waals surface area contributed by atoms with Gasteiger partial charge < -0.3 is 11.1 Å². The van der Waals surface area contributed by atoms with Gasteiger partial charge >= 0.3 is 0 Å². The van der Waals surface area contributed by atoms with Gasteiger partial charge in [-0.2, -0.15) is 4.72 Å². The Morgan fingerprint density at radius 1 is 1.09 bits per heavy atom. The van der Waals surface area contributed by atoms with Crippen LogP contribution in [0, 0.1) is 17.3 Å². The van der Waals surface area contributed by atoms with Crippen LogP contribution in [0.15, 0.2) is 29.2 Å². The summed E-state index contributed by atoms with van der Waals surface area (Å²) in [5.41, 5.74) is 4.51. The predicted molar refractivity (Wildman–Crippen MR) is 122 cm³/mol. The van der Waals surface area contributed by atoms with Crippen molar-refractivity contribution in [1.82, 2.24) is 10.0 Å². The van der Waals surface area contributed by atoms with Crippen LogP contribution in [0.5, 0.6) is 0 Å². The van der Waals surface area contributed by atoms with E-state index in [1.165, 1.54) is 0 Å². The fraction of sp³-hybridized carbons (Fsp3) is 0.667. The number of carbonyl (C=O) groups is 2. The molecule has 4 fully saturated rings. The van der Waals surface area contributed by atoms with Crippen LogP contribution in [0.25, 0.3) is 0 Å². The molecule has 2 atom stereocenters. The van der Waals surface area contributed by atoms with Crippen molar-refractivity contribution in [3.63, 3.8) is 0 Å². The molecule has 2 amide bonds. The number of rotatable bonds is 8. The number of benzene rings is 1. The first-order chi connectivity index (χ1) is 14.9. The molecule has 0 aromatic heterocycles. The molecule has 4 N–H and O–H groups in total. The van der Waals surface area contributed by atoms with Gasteiger partial charge in [0.25, 0.3) is 0 Å². The molecule has 4 bridgehead atoms. The monoisotopic (exact) mass is 461 g/mol. The highest BCUT2D eigenvalue weighted by Gasteiger charge is 2.61. The highest BCUT2D eigenvalue weighted by atomic mass is 32.2. The third kappa shape index (κ3) is 4.19. The lowest BCUT2D eigenvalue weighted by molar-refractivity contribution is -0.151. The summed E-state index contributed by atoms with van der Waals surface area (Å²) in [5.74, 6) is 0.123. The third-order valence-electron chi connectivity index (χ3n) is 7.69. The van der Waals surface area contributed by atoms with Crippen LogP contribution < -0.4 is 15.8 Å². The number of carbonyl (C=O) groups excluding carboxylic acids is 2. The molecule has 0 aliphatic heterocycles. The summed E-state index contributed by atoms with van der Waals surface area (Å²) in [6, 6.07) is 6.78. The molecular weight excluding hydrogens is 426 g/mol. The fourth-order valence-corrected chi connectivity index (χ4v) is 8.04. The zero-order valence-electron chi connectivity index (χ0n) is 19.2. The van der Waals surface area contributed by atoms with Gasteiger partial charge in [-0.25, -0.2) is 8.42 Å². The number of amides is 2. The quantitative estimate of drug-likeness (QED) is 0.551. The van der Waals surface area contributed by atoms with Crippen molar-refractivity contribution in [2.24, 2.45) is 23.0 Å². The summed E-state index contributed by atoms with van der Waals surface area (Å²) < 4.78 is 28.5. The molecule has 5 rings (SSSR count). The zero-order chi connectivity index (χ0) is 23.4. The first kappa shape index (κ1) is 23.2. The molecule has 0 spiro atoms. The molecule has 4 aliphatic rings. The van der Waals surface area contributed by atoms with Crippen molar-refractivity contribution in [2.75, 3.05) is 0 Å². The van der Waals surface area contributed by atoms with Gasteiger partial charge in [-0.3, -0.25) is 9.59 Å². The SMILES string of the molecule is CCCc1ccc(S(=O)(=O)NC(C)(C)C(=O)NC23CC4CC(C2)CC(C(N)=O)(C4)C3)cc1. The average Bonchev–Trinajstić information content (AvgIpc) is 2.66. The highest BCUT2D eigenvalue weighted by Crippen LogP contribution is 2.61. The Hall–Kier alpha value is -1.93. The van der Waals surface area contributed by atoms with Gasteiger partial charge in [0, 0.05) is 5.54 Å². The average molecular weight is 462 g/mol. The van der Waals surface area contributed by atoms with Crippen LogP contribution in [-0.2, 0) is 26.0 Å². The summed E-state index contributed by atoms with van der Waals surface area (Å²) in [7, 11) is -3.87. The van der Waals surface area contributed by atoms with E-state index in [0.29, 0.717) is 18.3 Å². The molecule has 2 unspecified atom stereocenters. The molecule has 0 radical (unpaired) electrons. The van der Waals surface area contributed by atoms with Crippen LogP contribution in [-0.4, -0.2) is 31.3 Å². The summed E-state index contributed by atoms with van der Waals surface area (Å²) in [6.45, 7) is 5.23. The van der Waals surface area contributed by atoms with Crippen molar-refractivity contribution in [1.29, 1.82) is 0 Å². The minimum Gasteiger partial charge on any atom is -0.369 e. The Morgan fingerprint density at radius 3 is 2.22 bits per heavy atom. The molecule has 0 saturated heterocycles. The number of nitrogens with two attached hydrogens (primary N) is 1. The van der Waals surface area contributed by atoms with E-state index in [-0.39, 0.29) is 16.7 Å². The molecule has 32 heavy (non-hydrogen) atoms. The second kappa shape index (κ2) is 7.83. The van der Waals surface area contributed by atoms with Crippen LogP contribution >= 0.6 is 0 Å². The van der Waals surface area contributed by atoms with E-state index >= 15 is 0 Å². The van der Waals surface area contributed by atoms with Crippen LogP contribution in [0.3, 0.4) is 0 Å². The summed E-state index contributed by atoms with van der Waals surface area (Å²) in [4.78, 5) is 25.8. The third-order valence-corrected chi connectivity index (χ3v) is 9.36. The Bertz CT molecular complexity index is 1000. The first-order valence-corrected chi connectivity index (χ1v) is 13.1. The van der Waals surface area contributed by atoms with E-state index in [2.05, 4.69) is 17.0 Å². The van der Waals surface area contributed by atoms with Crippen molar-refractivity contribution in [3.05, 3.63) is 29.8 Å². The summed E-state index contributed by atoms with van der Waals surface area (Å²) in [5, 5.41) is 3.17. The number of nitrogens with one attached hydrogen (secondary N) is 2. The van der Waals surface area contributed by atoms with Crippen LogP contribution in [0.2, 0.25) is 0 Å². The Labute approximate surface area is 191 Å². The van der Waals surface area contributed by atoms with E-state index in [1.807, 2.05) is 12.1 Å². The number of aryl methyl sites for hydroxylation is 1. The molecule has 176 valence electrons. The zero-order valence-corrected chi connectivity index (χ0v) is 20.1. The van der Waals surface area contributed by atoms with Crippen molar-refractivity contribution in [2.45, 2.75) is 88.1 Å².